The normalized spacial score (nSPS) is 15.8. The minimum Gasteiger partial charge on any atom is -0.493 e. The molecule has 9 heteroatoms. The van der Waals surface area contributed by atoms with E-state index in [0.717, 1.165) is 0 Å². The number of carbonyl (C=O) groups is 3. The molecule has 0 saturated carbocycles. The Morgan fingerprint density at radius 3 is 2.40 bits per heavy atom. The molecule has 0 aliphatic carbocycles. The van der Waals surface area contributed by atoms with E-state index < -0.39 is 24.3 Å². The molecule has 0 N–H and O–H groups in total. The molecule has 160 valence electrons. The minimum absolute atomic E-state index is 0.0396. The molecule has 0 bridgehead atoms. The number of amides is 1. The Kier molecular flexibility index (Phi) is 6.61. The van der Waals surface area contributed by atoms with Crippen LogP contribution in [0.1, 0.15) is 22.5 Å². The van der Waals surface area contributed by atoms with Crippen LogP contribution in [0.5, 0.6) is 17.2 Å². The molecule has 2 aromatic rings. The van der Waals surface area contributed by atoms with Gasteiger partial charge in [0.1, 0.15) is 5.76 Å². The molecule has 2 heterocycles. The molecule has 1 aromatic carbocycles. The second-order valence-corrected chi connectivity index (χ2v) is 6.70. The molecule has 1 atom stereocenters. The molecule has 30 heavy (non-hydrogen) atoms. The maximum atomic E-state index is 12.5. The topological polar surface area (TPSA) is 105 Å². The van der Waals surface area contributed by atoms with E-state index >= 15 is 0 Å². The quantitative estimate of drug-likeness (QED) is 0.451. The van der Waals surface area contributed by atoms with Crippen molar-refractivity contribution in [3.05, 3.63) is 41.9 Å². The fourth-order valence-electron chi connectivity index (χ4n) is 3.25. The van der Waals surface area contributed by atoms with Crippen molar-refractivity contribution in [1.82, 2.24) is 4.90 Å². The van der Waals surface area contributed by atoms with Crippen LogP contribution in [0.4, 0.5) is 0 Å². The molecule has 0 radical (unpaired) electrons. The lowest BCUT2D eigenvalue weighted by Crippen LogP contribution is -2.27. The van der Waals surface area contributed by atoms with Crippen LogP contribution in [0.3, 0.4) is 0 Å². The van der Waals surface area contributed by atoms with Crippen molar-refractivity contribution in [2.24, 2.45) is 5.92 Å². The van der Waals surface area contributed by atoms with Gasteiger partial charge in [0.15, 0.2) is 18.1 Å². The highest BCUT2D eigenvalue weighted by atomic mass is 16.5. The third-order valence-electron chi connectivity index (χ3n) is 4.81. The second-order valence-electron chi connectivity index (χ2n) is 6.70. The summed E-state index contributed by atoms with van der Waals surface area (Å²) in [7, 11) is 4.34. The van der Waals surface area contributed by atoms with Crippen LogP contribution in [0, 0.1) is 5.92 Å². The van der Waals surface area contributed by atoms with Crippen molar-refractivity contribution in [2.75, 3.05) is 34.5 Å². The van der Waals surface area contributed by atoms with Crippen LogP contribution < -0.4 is 14.2 Å². The van der Waals surface area contributed by atoms with E-state index in [1.807, 2.05) is 0 Å². The van der Waals surface area contributed by atoms with Gasteiger partial charge in [0.05, 0.1) is 40.1 Å². The number of Topliss-reactive ketones (excluding diaryl/α,β-unsaturated/α-hetero) is 1. The van der Waals surface area contributed by atoms with Crippen molar-refractivity contribution < 1.29 is 37.7 Å². The van der Waals surface area contributed by atoms with Gasteiger partial charge in [0.2, 0.25) is 17.4 Å². The van der Waals surface area contributed by atoms with E-state index in [2.05, 4.69) is 0 Å². The molecule has 3 rings (SSSR count). The number of likely N-dealkylation sites (tertiary alicyclic amines) is 1. The molecule has 1 aliphatic rings. The molecule has 0 spiro atoms. The largest absolute Gasteiger partial charge is 0.493 e. The average molecular weight is 417 g/mol. The summed E-state index contributed by atoms with van der Waals surface area (Å²) in [6.07, 6.45) is 1.56. The average Bonchev–Trinajstić information content (AvgIpc) is 3.40. The van der Waals surface area contributed by atoms with Crippen LogP contribution in [-0.4, -0.2) is 57.0 Å². The zero-order chi connectivity index (χ0) is 21.7. The number of ether oxygens (including phenoxy) is 4. The number of carbonyl (C=O) groups excluding carboxylic acids is 3. The highest BCUT2D eigenvalue weighted by Gasteiger charge is 2.36. The van der Waals surface area contributed by atoms with E-state index in [4.69, 9.17) is 23.4 Å². The Hall–Kier alpha value is -3.49. The maximum Gasteiger partial charge on any atom is 0.311 e. The smallest absolute Gasteiger partial charge is 0.311 e. The molecular formula is C21H23NO8. The third-order valence-corrected chi connectivity index (χ3v) is 4.81. The van der Waals surface area contributed by atoms with Gasteiger partial charge in [-0.25, -0.2) is 0 Å². The standard InChI is InChI=1S/C21H23NO8/c1-26-17-7-13(8-18(27-2)20(17)28-3)16(23)12-30-21(25)14-9-19(24)22(10-14)11-15-5-4-6-29-15/h4-8,14H,9-12H2,1-3H3/t14-/m0/s1. The lowest BCUT2D eigenvalue weighted by atomic mass is 10.1. The highest BCUT2D eigenvalue weighted by Crippen LogP contribution is 2.38. The number of nitrogens with zero attached hydrogens (tertiary/aromatic N) is 1. The zero-order valence-corrected chi connectivity index (χ0v) is 17.0. The number of benzene rings is 1. The SMILES string of the molecule is COc1cc(C(=O)COC(=O)[C@H]2CC(=O)N(Cc3ccco3)C2)cc(OC)c1OC. The molecule has 1 fully saturated rings. The van der Waals surface area contributed by atoms with Crippen molar-refractivity contribution in [1.29, 1.82) is 0 Å². The van der Waals surface area contributed by atoms with Gasteiger partial charge in [-0.2, -0.15) is 0 Å². The van der Waals surface area contributed by atoms with Gasteiger partial charge < -0.3 is 28.3 Å². The Morgan fingerprint density at radius 2 is 1.83 bits per heavy atom. The number of ketones is 1. The summed E-state index contributed by atoms with van der Waals surface area (Å²) in [4.78, 5) is 38.6. The van der Waals surface area contributed by atoms with Crippen LogP contribution in [0.15, 0.2) is 34.9 Å². The van der Waals surface area contributed by atoms with Crippen molar-refractivity contribution in [3.8, 4) is 17.2 Å². The van der Waals surface area contributed by atoms with Gasteiger partial charge in [0.25, 0.3) is 0 Å². The number of furan rings is 1. The summed E-state index contributed by atoms with van der Waals surface area (Å²) in [6.45, 7) is 0.0526. The lowest BCUT2D eigenvalue weighted by molar-refractivity contribution is -0.147. The Morgan fingerprint density at radius 1 is 1.13 bits per heavy atom. The fourth-order valence-corrected chi connectivity index (χ4v) is 3.25. The molecule has 1 amide bonds. The summed E-state index contributed by atoms with van der Waals surface area (Å²) in [6, 6.07) is 6.47. The van der Waals surface area contributed by atoms with Crippen LogP contribution in [0.25, 0.3) is 0 Å². The van der Waals surface area contributed by atoms with Crippen molar-refractivity contribution in [2.45, 2.75) is 13.0 Å². The molecule has 0 unspecified atom stereocenters. The first-order valence-electron chi connectivity index (χ1n) is 9.26. The number of methoxy groups -OCH3 is 3. The van der Waals surface area contributed by atoms with E-state index in [1.165, 1.54) is 44.6 Å². The van der Waals surface area contributed by atoms with Crippen LogP contribution in [0.2, 0.25) is 0 Å². The molecule has 1 aromatic heterocycles. The Balaban J connectivity index is 1.59. The first-order valence-corrected chi connectivity index (χ1v) is 9.26. The van der Waals surface area contributed by atoms with E-state index in [0.29, 0.717) is 29.6 Å². The highest BCUT2D eigenvalue weighted by molar-refractivity contribution is 5.99. The van der Waals surface area contributed by atoms with Crippen molar-refractivity contribution in [3.63, 3.8) is 0 Å². The molecule has 9 nitrogen and oxygen atoms in total. The summed E-state index contributed by atoms with van der Waals surface area (Å²) < 4.78 is 26.1. The number of hydrogen-bond donors (Lipinski definition) is 0. The third kappa shape index (κ3) is 4.56. The summed E-state index contributed by atoms with van der Waals surface area (Å²) in [5.74, 6) is -0.178. The monoisotopic (exact) mass is 417 g/mol. The fraction of sp³-hybridized carbons (Fsp3) is 0.381. The van der Waals surface area contributed by atoms with Gasteiger partial charge >= 0.3 is 5.97 Å². The van der Waals surface area contributed by atoms with E-state index in [1.54, 1.807) is 12.1 Å². The number of hydrogen-bond acceptors (Lipinski definition) is 8. The summed E-state index contributed by atoms with van der Waals surface area (Å²) in [5, 5.41) is 0. The van der Waals surface area contributed by atoms with Gasteiger partial charge in [0, 0.05) is 18.5 Å². The van der Waals surface area contributed by atoms with Gasteiger partial charge in [-0.1, -0.05) is 0 Å². The predicted octanol–water partition coefficient (Wildman–Crippen LogP) is 2.08. The first kappa shape index (κ1) is 21.2. The van der Waals surface area contributed by atoms with E-state index in [9.17, 15) is 14.4 Å². The van der Waals surface area contributed by atoms with Gasteiger partial charge in [-0.3, -0.25) is 14.4 Å². The second kappa shape index (κ2) is 9.34. The van der Waals surface area contributed by atoms with Gasteiger partial charge in [-0.05, 0) is 24.3 Å². The van der Waals surface area contributed by atoms with Crippen molar-refractivity contribution >= 4 is 17.7 Å². The summed E-state index contributed by atoms with van der Waals surface area (Å²) in [5.41, 5.74) is 0.249. The van der Waals surface area contributed by atoms with E-state index in [-0.39, 0.29) is 24.4 Å². The Labute approximate surface area is 173 Å². The number of esters is 1. The van der Waals surface area contributed by atoms with Crippen LogP contribution in [-0.2, 0) is 20.9 Å². The minimum atomic E-state index is -0.625. The summed E-state index contributed by atoms with van der Waals surface area (Å²) >= 11 is 0. The number of rotatable bonds is 9. The zero-order valence-electron chi connectivity index (χ0n) is 17.0. The first-order chi connectivity index (χ1) is 14.5. The predicted molar refractivity (Wildman–Crippen MR) is 104 cm³/mol. The molecule has 1 aliphatic heterocycles. The van der Waals surface area contributed by atoms with Crippen LogP contribution >= 0.6 is 0 Å². The van der Waals surface area contributed by atoms with Gasteiger partial charge in [-0.15, -0.1) is 0 Å². The maximum absolute atomic E-state index is 12.5. The lowest BCUT2D eigenvalue weighted by Gasteiger charge is -2.15. The molecule has 1 saturated heterocycles. The Bertz CT molecular complexity index is 896. The molecular weight excluding hydrogens is 394 g/mol.